The molecule has 162 valence electrons. The number of anilines is 1. The van der Waals surface area contributed by atoms with Crippen LogP contribution in [0.5, 0.6) is 11.5 Å². The van der Waals surface area contributed by atoms with Crippen molar-refractivity contribution in [2.45, 2.75) is 67.7 Å². The van der Waals surface area contributed by atoms with Gasteiger partial charge in [0.2, 0.25) is 0 Å². The van der Waals surface area contributed by atoms with E-state index in [1.807, 2.05) is 18.2 Å². The van der Waals surface area contributed by atoms with Gasteiger partial charge in [-0.3, -0.25) is 4.90 Å². The van der Waals surface area contributed by atoms with Crippen LogP contribution in [-0.4, -0.2) is 52.0 Å². The van der Waals surface area contributed by atoms with Gasteiger partial charge in [-0.25, -0.2) is 0 Å². The molecule has 3 aliphatic carbocycles. The number of aromatic hydroxyl groups is 1. The number of hydrogen-bond acceptors (Lipinski definition) is 5. The summed E-state index contributed by atoms with van der Waals surface area (Å²) in [5.41, 5.74) is 2.17. The molecule has 3 N–H and O–H groups in total. The number of likely N-dealkylation sites (tertiary alicyclic amines) is 1. The van der Waals surface area contributed by atoms with Crippen molar-refractivity contribution in [2.75, 3.05) is 18.4 Å². The molecule has 2 aromatic carbocycles. The van der Waals surface area contributed by atoms with Crippen LogP contribution in [0.25, 0.3) is 0 Å². The number of phenolic OH excluding ortho intramolecular Hbond substituents is 1. The van der Waals surface area contributed by atoms with Gasteiger partial charge in [-0.2, -0.15) is 0 Å². The van der Waals surface area contributed by atoms with Gasteiger partial charge in [0, 0.05) is 23.8 Å². The molecule has 5 nitrogen and oxygen atoms in total. The average molecular weight is 419 g/mol. The van der Waals surface area contributed by atoms with Crippen LogP contribution in [0.15, 0.2) is 42.5 Å². The molecule has 5 aliphatic rings. The summed E-state index contributed by atoms with van der Waals surface area (Å²) < 4.78 is 6.60. The van der Waals surface area contributed by atoms with E-state index in [2.05, 4.69) is 28.4 Å². The molecule has 2 aliphatic heterocycles. The van der Waals surface area contributed by atoms with Crippen LogP contribution < -0.4 is 10.1 Å². The monoisotopic (exact) mass is 418 g/mol. The van der Waals surface area contributed by atoms with Crippen LogP contribution in [0, 0.1) is 5.92 Å². The highest BCUT2D eigenvalue weighted by Gasteiger charge is 2.73. The van der Waals surface area contributed by atoms with E-state index < -0.39 is 11.0 Å². The van der Waals surface area contributed by atoms with Crippen LogP contribution in [0.4, 0.5) is 5.69 Å². The summed E-state index contributed by atoms with van der Waals surface area (Å²) in [4.78, 5) is 2.58. The molecule has 2 aromatic rings. The number of piperidine rings is 1. The zero-order valence-electron chi connectivity index (χ0n) is 17.8. The Hall–Kier alpha value is -2.24. The highest BCUT2D eigenvalue weighted by Crippen LogP contribution is 2.65. The van der Waals surface area contributed by atoms with Crippen LogP contribution in [-0.2, 0) is 11.8 Å². The molecule has 5 heteroatoms. The molecule has 31 heavy (non-hydrogen) atoms. The maximum atomic E-state index is 12.5. The Morgan fingerprint density at radius 3 is 2.71 bits per heavy atom. The third-order valence-electron chi connectivity index (χ3n) is 8.89. The van der Waals surface area contributed by atoms with E-state index in [4.69, 9.17) is 4.74 Å². The molecule has 7 rings (SSSR count). The van der Waals surface area contributed by atoms with E-state index in [0.717, 1.165) is 55.9 Å². The molecule has 1 saturated heterocycles. The minimum atomic E-state index is -0.814. The van der Waals surface area contributed by atoms with Gasteiger partial charge in [0.05, 0.1) is 17.1 Å². The molecular formula is C26H30N2O3. The van der Waals surface area contributed by atoms with Gasteiger partial charge in [0.15, 0.2) is 11.5 Å². The van der Waals surface area contributed by atoms with Crippen molar-refractivity contribution in [1.82, 2.24) is 4.90 Å². The molecule has 0 amide bonds. The topological polar surface area (TPSA) is 65.0 Å². The second-order valence-corrected chi connectivity index (χ2v) is 10.4. The number of phenols is 1. The summed E-state index contributed by atoms with van der Waals surface area (Å²) >= 11 is 0. The summed E-state index contributed by atoms with van der Waals surface area (Å²) in [5.74, 6) is 1.64. The molecule has 3 fully saturated rings. The van der Waals surface area contributed by atoms with Crippen molar-refractivity contribution >= 4 is 5.69 Å². The van der Waals surface area contributed by atoms with Gasteiger partial charge in [-0.1, -0.05) is 24.3 Å². The average Bonchev–Trinajstić information content (AvgIpc) is 3.51. The van der Waals surface area contributed by atoms with E-state index in [1.165, 1.54) is 18.4 Å². The minimum Gasteiger partial charge on any atom is -0.504 e. The number of para-hydroxylation sites is 1. The maximum absolute atomic E-state index is 12.5. The number of aliphatic hydroxyl groups is 1. The minimum absolute atomic E-state index is 0.0936. The van der Waals surface area contributed by atoms with Gasteiger partial charge in [-0.05, 0) is 74.8 Å². The fraction of sp³-hybridized carbons (Fsp3) is 0.538. The SMILES string of the molecule is Oc1ccc2c3c1O[C@H]1[C@@H](Nc4ccccc4)CC[C@@]4(O)[C@@H](C2)N(CC2CC2)CCC314. The lowest BCUT2D eigenvalue weighted by Crippen LogP contribution is -2.77. The number of nitrogens with one attached hydrogen (secondary N) is 1. The first-order valence-electron chi connectivity index (χ1n) is 11.9. The third-order valence-corrected chi connectivity index (χ3v) is 8.89. The van der Waals surface area contributed by atoms with Gasteiger partial charge in [0.25, 0.3) is 0 Å². The second-order valence-electron chi connectivity index (χ2n) is 10.4. The highest BCUT2D eigenvalue weighted by atomic mass is 16.5. The van der Waals surface area contributed by atoms with Crippen molar-refractivity contribution in [3.8, 4) is 11.5 Å². The van der Waals surface area contributed by atoms with Crippen LogP contribution in [0.2, 0.25) is 0 Å². The zero-order valence-corrected chi connectivity index (χ0v) is 17.8. The molecule has 2 bridgehead atoms. The van der Waals surface area contributed by atoms with E-state index in [9.17, 15) is 10.2 Å². The van der Waals surface area contributed by atoms with E-state index in [0.29, 0.717) is 5.75 Å². The number of benzene rings is 2. The Kier molecular flexibility index (Phi) is 3.65. The molecule has 2 heterocycles. The predicted molar refractivity (Wildman–Crippen MR) is 119 cm³/mol. The summed E-state index contributed by atoms with van der Waals surface area (Å²) in [7, 11) is 0. The third kappa shape index (κ3) is 2.34. The predicted octanol–water partition coefficient (Wildman–Crippen LogP) is 3.44. The molecule has 0 radical (unpaired) electrons. The molecule has 0 aromatic heterocycles. The van der Waals surface area contributed by atoms with Gasteiger partial charge < -0.3 is 20.3 Å². The van der Waals surface area contributed by atoms with Crippen LogP contribution in [0.1, 0.15) is 43.2 Å². The Balaban J connectivity index is 1.35. The molecular weight excluding hydrogens is 388 g/mol. The summed E-state index contributed by atoms with van der Waals surface area (Å²) in [5, 5.41) is 26.9. The quantitative estimate of drug-likeness (QED) is 0.710. The van der Waals surface area contributed by atoms with Crippen LogP contribution in [0.3, 0.4) is 0 Å². The summed E-state index contributed by atoms with van der Waals surface area (Å²) in [6.45, 7) is 2.11. The zero-order chi connectivity index (χ0) is 20.8. The number of ether oxygens (including phenoxy) is 1. The maximum Gasteiger partial charge on any atom is 0.165 e. The first kappa shape index (κ1) is 18.3. The Labute approximate surface area is 183 Å². The van der Waals surface area contributed by atoms with E-state index in [-0.39, 0.29) is 23.9 Å². The smallest absolute Gasteiger partial charge is 0.165 e. The lowest BCUT2D eigenvalue weighted by Gasteiger charge is -2.64. The van der Waals surface area contributed by atoms with Gasteiger partial charge in [0.1, 0.15) is 6.10 Å². The van der Waals surface area contributed by atoms with Crippen molar-refractivity contribution in [3.05, 3.63) is 53.6 Å². The van der Waals surface area contributed by atoms with Crippen molar-refractivity contribution in [3.63, 3.8) is 0 Å². The Morgan fingerprint density at radius 2 is 1.90 bits per heavy atom. The van der Waals surface area contributed by atoms with Gasteiger partial charge in [-0.15, -0.1) is 0 Å². The van der Waals surface area contributed by atoms with Crippen molar-refractivity contribution in [1.29, 1.82) is 0 Å². The number of hydrogen-bond donors (Lipinski definition) is 3. The fourth-order valence-electron chi connectivity index (χ4n) is 7.38. The number of nitrogens with zero attached hydrogens (tertiary/aromatic N) is 1. The largest absolute Gasteiger partial charge is 0.504 e. The second kappa shape index (κ2) is 6.17. The first-order chi connectivity index (χ1) is 15.1. The van der Waals surface area contributed by atoms with E-state index in [1.54, 1.807) is 6.07 Å². The lowest BCUT2D eigenvalue weighted by molar-refractivity contribution is -0.187. The van der Waals surface area contributed by atoms with Gasteiger partial charge >= 0.3 is 0 Å². The molecule has 1 unspecified atom stereocenters. The normalized spacial score (nSPS) is 37.8. The Morgan fingerprint density at radius 1 is 1.06 bits per heavy atom. The highest BCUT2D eigenvalue weighted by molar-refractivity contribution is 5.63. The molecule has 1 spiro atoms. The molecule has 5 atom stereocenters. The lowest BCUT2D eigenvalue weighted by atomic mass is 9.48. The number of rotatable bonds is 4. The summed E-state index contributed by atoms with van der Waals surface area (Å²) in [6, 6.07) is 14.4. The van der Waals surface area contributed by atoms with E-state index >= 15 is 0 Å². The Bertz CT molecular complexity index is 1040. The fourth-order valence-corrected chi connectivity index (χ4v) is 7.38. The first-order valence-corrected chi connectivity index (χ1v) is 11.9. The standard InChI is InChI=1S/C26H30N2O3/c29-20-9-8-17-14-21-26(30)11-10-19(27-18-4-2-1-3-5-18)24-25(26,22(17)23(20)31-24)12-13-28(21)15-16-6-7-16/h1-5,8-9,16,19,21,24,27,29-30H,6-7,10-15H2/t19-,21+,24-,25?,26+/m0/s1. The van der Waals surface area contributed by atoms with Crippen molar-refractivity contribution < 1.29 is 14.9 Å². The van der Waals surface area contributed by atoms with Crippen LogP contribution >= 0.6 is 0 Å². The van der Waals surface area contributed by atoms with Crippen molar-refractivity contribution in [2.24, 2.45) is 5.92 Å². The summed E-state index contributed by atoms with van der Waals surface area (Å²) in [6.07, 6.45) is 5.83. The molecule has 2 saturated carbocycles.